The van der Waals surface area contributed by atoms with Crippen molar-refractivity contribution in [3.63, 3.8) is 0 Å². The number of hydrogen-bond acceptors (Lipinski definition) is 2. The fourth-order valence-corrected chi connectivity index (χ4v) is 3.67. The van der Waals surface area contributed by atoms with Gasteiger partial charge in [0, 0.05) is 18.5 Å². The molecular weight excluding hydrogens is 309 g/mol. The lowest BCUT2D eigenvalue weighted by atomic mass is 9.80. The summed E-state index contributed by atoms with van der Waals surface area (Å²) in [5.41, 5.74) is 0.889. The summed E-state index contributed by atoms with van der Waals surface area (Å²) in [6, 6.07) is 6.78. The number of benzene rings is 1. The first-order valence-corrected chi connectivity index (χ1v) is 8.82. The van der Waals surface area contributed by atoms with Gasteiger partial charge in [0.25, 0.3) is 0 Å². The second-order valence-electron chi connectivity index (χ2n) is 7.04. The van der Waals surface area contributed by atoms with Crippen LogP contribution in [0.3, 0.4) is 0 Å². The molecule has 2 atom stereocenters. The van der Waals surface area contributed by atoms with E-state index in [2.05, 4.69) is 0 Å². The van der Waals surface area contributed by atoms with Crippen LogP contribution in [0.5, 0.6) is 0 Å². The molecule has 2 unspecified atom stereocenters. The quantitative estimate of drug-likeness (QED) is 0.869. The minimum atomic E-state index is -0.787. The Morgan fingerprint density at radius 1 is 1.17 bits per heavy atom. The molecule has 2 aliphatic carbocycles. The van der Waals surface area contributed by atoms with Gasteiger partial charge in [-0.05, 0) is 56.2 Å². The van der Waals surface area contributed by atoms with Crippen molar-refractivity contribution in [3.8, 4) is 0 Å². The number of carbonyl (C=O) groups excluding carboxylic acids is 1. The number of carboxylic acids is 1. The van der Waals surface area contributed by atoms with Crippen molar-refractivity contribution in [3.05, 3.63) is 35.6 Å². The predicted octanol–water partition coefficient (Wildman–Crippen LogP) is 3.25. The Morgan fingerprint density at radius 2 is 1.92 bits per heavy atom. The molecule has 3 rings (SSSR count). The molecule has 4 nitrogen and oxygen atoms in total. The van der Waals surface area contributed by atoms with Crippen LogP contribution in [0.25, 0.3) is 0 Å². The fourth-order valence-electron chi connectivity index (χ4n) is 3.67. The SMILES string of the molecule is O=C(O)C1CCCC(C(=O)N(CCc2cccc(F)c2)C2CC2)C1. The molecule has 5 heteroatoms. The van der Waals surface area contributed by atoms with E-state index in [4.69, 9.17) is 0 Å². The van der Waals surface area contributed by atoms with Crippen molar-refractivity contribution < 1.29 is 19.1 Å². The van der Waals surface area contributed by atoms with Gasteiger partial charge in [-0.1, -0.05) is 18.6 Å². The molecule has 0 aromatic heterocycles. The van der Waals surface area contributed by atoms with E-state index in [9.17, 15) is 19.1 Å². The monoisotopic (exact) mass is 333 g/mol. The first-order valence-electron chi connectivity index (χ1n) is 8.82. The number of amides is 1. The van der Waals surface area contributed by atoms with Crippen molar-refractivity contribution >= 4 is 11.9 Å². The van der Waals surface area contributed by atoms with Gasteiger partial charge >= 0.3 is 5.97 Å². The van der Waals surface area contributed by atoms with Gasteiger partial charge < -0.3 is 10.0 Å². The zero-order valence-electron chi connectivity index (χ0n) is 13.8. The topological polar surface area (TPSA) is 57.6 Å². The van der Waals surface area contributed by atoms with E-state index < -0.39 is 11.9 Å². The van der Waals surface area contributed by atoms with Crippen LogP contribution < -0.4 is 0 Å². The van der Waals surface area contributed by atoms with Gasteiger partial charge in [0.2, 0.25) is 5.91 Å². The van der Waals surface area contributed by atoms with E-state index in [1.807, 2.05) is 11.0 Å². The summed E-state index contributed by atoms with van der Waals surface area (Å²) in [4.78, 5) is 26.0. The molecule has 0 saturated heterocycles. The third-order valence-electron chi connectivity index (χ3n) is 5.17. The number of halogens is 1. The Morgan fingerprint density at radius 3 is 2.58 bits per heavy atom. The molecule has 1 amide bonds. The molecule has 2 saturated carbocycles. The van der Waals surface area contributed by atoms with E-state index in [0.29, 0.717) is 25.8 Å². The normalized spacial score (nSPS) is 23.7. The maximum absolute atomic E-state index is 13.3. The summed E-state index contributed by atoms with van der Waals surface area (Å²) in [6.45, 7) is 0.585. The average molecular weight is 333 g/mol. The molecule has 2 aliphatic rings. The lowest BCUT2D eigenvalue weighted by Gasteiger charge is -2.31. The van der Waals surface area contributed by atoms with Gasteiger partial charge in [0.05, 0.1) is 5.92 Å². The fraction of sp³-hybridized carbons (Fsp3) is 0.579. The van der Waals surface area contributed by atoms with Crippen molar-refractivity contribution in [2.75, 3.05) is 6.54 Å². The zero-order valence-corrected chi connectivity index (χ0v) is 13.8. The van der Waals surface area contributed by atoms with Gasteiger partial charge in [0.1, 0.15) is 5.82 Å². The maximum Gasteiger partial charge on any atom is 0.306 e. The van der Waals surface area contributed by atoms with Crippen LogP contribution in [0.15, 0.2) is 24.3 Å². The molecule has 1 N–H and O–H groups in total. The van der Waals surface area contributed by atoms with Crippen molar-refractivity contribution in [2.24, 2.45) is 11.8 Å². The van der Waals surface area contributed by atoms with Gasteiger partial charge in [-0.15, -0.1) is 0 Å². The van der Waals surface area contributed by atoms with Crippen LogP contribution in [0.4, 0.5) is 4.39 Å². The zero-order chi connectivity index (χ0) is 17.1. The molecule has 0 heterocycles. The molecule has 130 valence electrons. The third-order valence-corrected chi connectivity index (χ3v) is 5.17. The Kier molecular flexibility index (Phi) is 5.17. The van der Waals surface area contributed by atoms with E-state index >= 15 is 0 Å². The third kappa shape index (κ3) is 4.13. The van der Waals surface area contributed by atoms with Gasteiger partial charge in [0.15, 0.2) is 0 Å². The number of hydrogen-bond donors (Lipinski definition) is 1. The molecule has 0 spiro atoms. The smallest absolute Gasteiger partial charge is 0.306 e. The molecule has 0 aliphatic heterocycles. The first-order chi connectivity index (χ1) is 11.5. The van der Waals surface area contributed by atoms with E-state index in [-0.39, 0.29) is 23.7 Å². The molecule has 0 radical (unpaired) electrons. The summed E-state index contributed by atoms with van der Waals surface area (Å²) in [7, 11) is 0. The van der Waals surface area contributed by atoms with Crippen LogP contribution in [-0.4, -0.2) is 34.5 Å². The highest BCUT2D eigenvalue weighted by Gasteiger charge is 2.38. The van der Waals surface area contributed by atoms with Crippen LogP contribution >= 0.6 is 0 Å². The van der Waals surface area contributed by atoms with Gasteiger partial charge in [-0.2, -0.15) is 0 Å². The second-order valence-corrected chi connectivity index (χ2v) is 7.04. The van der Waals surface area contributed by atoms with Crippen LogP contribution in [0, 0.1) is 17.7 Å². The summed E-state index contributed by atoms with van der Waals surface area (Å²) in [5.74, 6) is -1.51. The highest BCUT2D eigenvalue weighted by atomic mass is 19.1. The minimum absolute atomic E-state index is 0.0971. The Bertz CT molecular complexity index is 614. The highest BCUT2D eigenvalue weighted by molar-refractivity contribution is 5.81. The summed E-state index contributed by atoms with van der Waals surface area (Å²) >= 11 is 0. The van der Waals surface area contributed by atoms with Gasteiger partial charge in [-0.3, -0.25) is 9.59 Å². The lowest BCUT2D eigenvalue weighted by molar-refractivity contribution is -0.145. The number of carbonyl (C=O) groups is 2. The van der Waals surface area contributed by atoms with Crippen LogP contribution in [0.2, 0.25) is 0 Å². The number of rotatable bonds is 6. The van der Waals surface area contributed by atoms with Crippen molar-refractivity contribution in [2.45, 2.75) is 51.0 Å². The lowest BCUT2D eigenvalue weighted by Crippen LogP contribution is -2.41. The summed E-state index contributed by atoms with van der Waals surface area (Å²) < 4.78 is 13.3. The van der Waals surface area contributed by atoms with E-state index in [0.717, 1.165) is 31.2 Å². The van der Waals surface area contributed by atoms with Crippen LogP contribution in [0.1, 0.15) is 44.1 Å². The minimum Gasteiger partial charge on any atom is -0.481 e. The largest absolute Gasteiger partial charge is 0.481 e. The van der Waals surface area contributed by atoms with E-state index in [1.54, 1.807) is 6.07 Å². The highest BCUT2D eigenvalue weighted by Crippen LogP contribution is 2.34. The Hall–Kier alpha value is -1.91. The Labute approximate surface area is 141 Å². The Balaban J connectivity index is 1.62. The molecule has 24 heavy (non-hydrogen) atoms. The number of nitrogens with zero attached hydrogens (tertiary/aromatic N) is 1. The number of aliphatic carboxylic acids is 1. The van der Waals surface area contributed by atoms with E-state index in [1.165, 1.54) is 12.1 Å². The molecule has 1 aromatic carbocycles. The molecular formula is C19H24FNO3. The average Bonchev–Trinajstić information content (AvgIpc) is 3.40. The molecule has 1 aromatic rings. The van der Waals surface area contributed by atoms with Crippen molar-refractivity contribution in [1.82, 2.24) is 4.90 Å². The summed E-state index contributed by atoms with van der Waals surface area (Å²) in [6.07, 6.45) is 5.38. The predicted molar refractivity (Wildman–Crippen MR) is 87.9 cm³/mol. The summed E-state index contributed by atoms with van der Waals surface area (Å²) in [5, 5.41) is 9.22. The maximum atomic E-state index is 13.3. The molecule has 2 fully saturated rings. The van der Waals surface area contributed by atoms with Crippen molar-refractivity contribution in [1.29, 1.82) is 0 Å². The van der Waals surface area contributed by atoms with Crippen LogP contribution in [-0.2, 0) is 16.0 Å². The first kappa shape index (κ1) is 16.9. The standard InChI is InChI=1S/C19H24FNO3/c20-16-6-1-3-13(11-16)9-10-21(17-7-8-17)18(22)14-4-2-5-15(12-14)19(23)24/h1,3,6,11,14-15,17H,2,4-5,7-10,12H2,(H,23,24). The second kappa shape index (κ2) is 7.32. The number of carboxylic acid groups (broad SMARTS) is 1. The molecule has 0 bridgehead atoms. The van der Waals surface area contributed by atoms with Gasteiger partial charge in [-0.25, -0.2) is 4.39 Å².